The highest BCUT2D eigenvalue weighted by Crippen LogP contribution is 2.21. The van der Waals surface area contributed by atoms with Crippen molar-refractivity contribution in [3.05, 3.63) is 29.8 Å². The van der Waals surface area contributed by atoms with Crippen molar-refractivity contribution in [3.8, 4) is 5.75 Å². The predicted octanol–water partition coefficient (Wildman–Crippen LogP) is -5.68. The Hall–Kier alpha value is -7.79. The molecule has 0 aliphatic carbocycles. The topological polar surface area (TPSA) is 524 Å². The third-order valence-electron chi connectivity index (χ3n) is 13.8. The van der Waals surface area contributed by atoms with Crippen molar-refractivity contribution >= 4 is 120 Å². The van der Waals surface area contributed by atoms with Gasteiger partial charge in [-0.05, 0) is 92.9 Å². The van der Waals surface area contributed by atoms with Crippen LogP contribution in [-0.4, -0.2) is 215 Å². The van der Waals surface area contributed by atoms with Gasteiger partial charge in [0.1, 0.15) is 66.2 Å². The number of guanidine groups is 2. The summed E-state index contributed by atoms with van der Waals surface area (Å²) in [5.74, 6) is -11.0. The van der Waals surface area contributed by atoms with Crippen LogP contribution < -0.4 is 81.8 Å². The van der Waals surface area contributed by atoms with Gasteiger partial charge in [0, 0.05) is 44.5 Å². The smallest absolute Gasteiger partial charge is 0.245 e. The molecule has 504 valence electrons. The van der Waals surface area contributed by atoms with E-state index in [0.717, 1.165) is 6.92 Å². The number of aliphatic hydroxyl groups excluding tert-OH is 1. The van der Waals surface area contributed by atoms with Crippen LogP contribution in [0.25, 0.3) is 0 Å². The van der Waals surface area contributed by atoms with E-state index in [4.69, 9.17) is 28.7 Å². The molecule has 1 saturated heterocycles. The van der Waals surface area contributed by atoms with E-state index in [1.54, 1.807) is 34.0 Å². The Morgan fingerprint density at radius 1 is 0.622 bits per heavy atom. The van der Waals surface area contributed by atoms with Gasteiger partial charge in [0.2, 0.25) is 70.9 Å². The zero-order chi connectivity index (χ0) is 67.8. The van der Waals surface area contributed by atoms with E-state index >= 15 is 0 Å². The Morgan fingerprint density at radius 3 is 1.67 bits per heavy atom. The molecular weight excluding hydrogens is 1230 g/mol. The van der Waals surface area contributed by atoms with E-state index < -0.39 is 150 Å². The molecule has 1 aliphatic rings. The van der Waals surface area contributed by atoms with Gasteiger partial charge < -0.3 is 96.9 Å². The molecule has 2 rings (SSSR count). The number of carbonyl (C=O) groups is 12. The Bertz CT molecular complexity index is 2670. The number of thioether (sulfide) groups is 1. The number of likely N-dealkylation sites (tertiary alicyclic amines) is 1. The summed E-state index contributed by atoms with van der Waals surface area (Å²) in [5.41, 5.74) is 28.0. The molecule has 12 amide bonds. The lowest BCUT2D eigenvalue weighted by Crippen LogP contribution is -2.61. The number of nitrogens with one attached hydrogen (secondary N) is 10. The number of thiol groups is 2. The zero-order valence-corrected chi connectivity index (χ0v) is 54.2. The highest BCUT2D eigenvalue weighted by Gasteiger charge is 2.40. The molecule has 10 atom stereocenters. The number of phenolic OH excluding ortho intramolecular Hbond substituents is 1. The van der Waals surface area contributed by atoms with Crippen molar-refractivity contribution in [1.29, 1.82) is 0 Å². The first-order valence-corrected chi connectivity index (χ1v) is 31.9. The summed E-state index contributed by atoms with van der Waals surface area (Å²) in [7, 11) is 0. The molecule has 22 N–H and O–H groups in total. The normalized spacial score (nSPS) is 15.7. The lowest BCUT2D eigenvalue weighted by atomic mass is 9.99. The van der Waals surface area contributed by atoms with E-state index in [-0.39, 0.29) is 106 Å². The molecule has 32 nitrogen and oxygen atoms in total. The molecule has 1 heterocycles. The summed E-state index contributed by atoms with van der Waals surface area (Å²) in [4.78, 5) is 172. The monoisotopic (exact) mass is 1320 g/mol. The molecule has 0 spiro atoms. The highest BCUT2D eigenvalue weighted by atomic mass is 32.2. The first-order valence-electron chi connectivity index (χ1n) is 29.2. The minimum Gasteiger partial charge on any atom is -0.508 e. The number of phenols is 1. The van der Waals surface area contributed by atoms with Gasteiger partial charge in [-0.25, -0.2) is 0 Å². The van der Waals surface area contributed by atoms with Crippen LogP contribution in [0, 0.1) is 11.8 Å². The van der Waals surface area contributed by atoms with Gasteiger partial charge in [-0.15, -0.1) is 0 Å². The highest BCUT2D eigenvalue weighted by molar-refractivity contribution is 7.98. The number of nitrogens with zero attached hydrogens (tertiary/aromatic N) is 3. The average molecular weight is 1330 g/mol. The van der Waals surface area contributed by atoms with Crippen LogP contribution >= 0.6 is 37.0 Å². The summed E-state index contributed by atoms with van der Waals surface area (Å²) < 4.78 is 0. The lowest BCUT2D eigenvalue weighted by molar-refractivity contribution is -0.142. The van der Waals surface area contributed by atoms with Crippen LogP contribution in [0.4, 0.5) is 0 Å². The zero-order valence-electron chi connectivity index (χ0n) is 51.6. The third kappa shape index (κ3) is 28.4. The second-order valence-electron chi connectivity index (χ2n) is 22.0. The molecule has 1 fully saturated rings. The molecule has 0 radical (unpaired) electrons. The number of carbonyl (C=O) groups excluding carboxylic acids is 12. The van der Waals surface area contributed by atoms with Gasteiger partial charge in [-0.1, -0.05) is 39.8 Å². The Labute approximate surface area is 538 Å². The van der Waals surface area contributed by atoms with E-state index in [2.05, 4.69) is 88.4 Å². The van der Waals surface area contributed by atoms with Crippen molar-refractivity contribution < 1.29 is 67.7 Å². The van der Waals surface area contributed by atoms with Gasteiger partial charge in [0.25, 0.3) is 0 Å². The van der Waals surface area contributed by atoms with Crippen LogP contribution in [-0.2, 0) is 64.0 Å². The fraction of sp³-hybridized carbons (Fsp3) is 0.636. The van der Waals surface area contributed by atoms with Crippen LogP contribution in [0.1, 0.15) is 91.5 Å². The number of primary amides is 1. The SMILES string of the molecule is CSCC[C@H](NC(=O)[C@H](CS)NC(=O)[C@@H](CO)NC(C)=O)C(=O)N[C@@H](CC(C)C)C(=O)NCC(=O)N[C@@H](CCCN=C(N)N)C(=O)N[C@H](C(=O)N[C@@H](Cc1ccc(O)cc1)C(=O)N[C@@H](CCCN=C(N)N)C(=O)N1CCC[C@H]1C(=O)N[C@@H](CS)C(N)=O)C(C)C. The summed E-state index contributed by atoms with van der Waals surface area (Å²) >= 11 is 9.61. The largest absolute Gasteiger partial charge is 0.508 e. The number of aromatic hydroxyl groups is 1. The maximum Gasteiger partial charge on any atom is 0.245 e. The average Bonchev–Trinajstić information content (AvgIpc) is 1.91. The predicted molar refractivity (Wildman–Crippen MR) is 344 cm³/mol. The van der Waals surface area contributed by atoms with Gasteiger partial charge in [-0.2, -0.15) is 37.0 Å². The first-order chi connectivity index (χ1) is 42.5. The molecule has 1 aliphatic heterocycles. The Morgan fingerprint density at radius 2 is 1.13 bits per heavy atom. The molecule has 0 unspecified atom stereocenters. The number of benzene rings is 1. The van der Waals surface area contributed by atoms with E-state index in [1.165, 1.54) is 40.9 Å². The number of rotatable bonds is 40. The maximum absolute atomic E-state index is 14.6. The number of amides is 12. The van der Waals surface area contributed by atoms with Crippen molar-refractivity contribution in [2.45, 2.75) is 153 Å². The first kappa shape index (κ1) is 78.3. The van der Waals surface area contributed by atoms with Gasteiger partial charge in [0.05, 0.1) is 13.2 Å². The minimum absolute atomic E-state index is 0.0117. The third-order valence-corrected chi connectivity index (χ3v) is 15.2. The second-order valence-corrected chi connectivity index (χ2v) is 23.7. The van der Waals surface area contributed by atoms with Crippen LogP contribution in [0.2, 0.25) is 0 Å². The molecule has 1 aromatic carbocycles. The number of nitrogens with two attached hydrogens (primary N) is 5. The Balaban J connectivity index is 2.43. The summed E-state index contributed by atoms with van der Waals surface area (Å²) in [6.45, 7) is 6.58. The van der Waals surface area contributed by atoms with E-state index in [9.17, 15) is 67.7 Å². The molecule has 35 heteroatoms. The lowest BCUT2D eigenvalue weighted by Gasteiger charge is -2.31. The fourth-order valence-corrected chi connectivity index (χ4v) is 10.1. The van der Waals surface area contributed by atoms with Crippen LogP contribution in [0.5, 0.6) is 5.75 Å². The van der Waals surface area contributed by atoms with E-state index in [0.29, 0.717) is 17.7 Å². The van der Waals surface area contributed by atoms with Crippen molar-refractivity contribution in [3.63, 3.8) is 0 Å². The fourth-order valence-electron chi connectivity index (χ4n) is 9.10. The summed E-state index contributed by atoms with van der Waals surface area (Å²) in [5, 5.41) is 45.2. The molecule has 1 aromatic rings. The standard InChI is InChI=1S/C55H92N18O14S3/c1-28(2)22-36(68-46(80)34(17-21-90-6)66-50(84)40(27-89)71-49(83)38(25-74)64-30(5)75)45(79)63-24-42(77)65-33(10-7-18-61-54(57)58)47(81)72-43(29(3)4)52(86)69-37(23-31-13-15-32(76)16-14-31)48(82)67-35(11-8-19-62-55(59)60)53(87)73-20-9-12-41(73)51(85)70-39(26-88)44(56)78/h13-16,28-29,33-41,43,74,76,88-89H,7-12,17-27H2,1-6H3,(H2,56,78)(H,63,79)(H,64,75)(H,65,77)(H,66,84)(H,67,82)(H,68,80)(H,69,86)(H,70,85)(H,71,83)(H,72,81)(H4,57,58,61)(H4,59,60,62)/t33-,34-,35-,36-,37-,38+,39-,40-,41-,43-/m0/s1. The molecule has 90 heavy (non-hydrogen) atoms. The molecule has 0 bridgehead atoms. The van der Waals surface area contributed by atoms with Crippen LogP contribution in [0.3, 0.4) is 0 Å². The maximum atomic E-state index is 14.6. The summed E-state index contributed by atoms with van der Waals surface area (Å²) in [6, 6.07) is -7.21. The molecular formula is C55H92N18O14S3. The van der Waals surface area contributed by atoms with E-state index in [1.807, 2.05) is 0 Å². The van der Waals surface area contributed by atoms with Crippen molar-refractivity contribution in [1.82, 2.24) is 58.1 Å². The second kappa shape index (κ2) is 40.8. The summed E-state index contributed by atoms with van der Waals surface area (Å²) in [6.07, 6.45) is 2.44. The molecule has 0 aromatic heterocycles. The van der Waals surface area contributed by atoms with Crippen molar-refractivity contribution in [2.24, 2.45) is 50.5 Å². The van der Waals surface area contributed by atoms with Gasteiger partial charge in [-0.3, -0.25) is 67.5 Å². The number of hydrogen-bond donors (Lipinski definition) is 19. The molecule has 0 saturated carbocycles. The van der Waals surface area contributed by atoms with Gasteiger partial charge >= 0.3 is 0 Å². The van der Waals surface area contributed by atoms with Gasteiger partial charge in [0.15, 0.2) is 11.9 Å². The van der Waals surface area contributed by atoms with Crippen LogP contribution in [0.15, 0.2) is 34.3 Å². The Kier molecular flexibility index (Phi) is 35.5. The number of aliphatic hydroxyl groups is 1. The minimum atomic E-state index is -1.46. The quantitative estimate of drug-likeness (QED) is 0.0126. The number of aliphatic imine (C=N–C) groups is 2. The number of hydrogen-bond acceptors (Lipinski definition) is 19. The van der Waals surface area contributed by atoms with Crippen molar-refractivity contribution in [2.75, 3.05) is 56.3 Å².